The van der Waals surface area contributed by atoms with Crippen molar-refractivity contribution in [1.82, 2.24) is 9.71 Å². The maximum Gasteiger partial charge on any atom is 0.243 e. The third-order valence-corrected chi connectivity index (χ3v) is 5.38. The number of ether oxygens (including phenoxy) is 1. The van der Waals surface area contributed by atoms with Crippen LogP contribution in [0.5, 0.6) is 5.75 Å². The minimum atomic E-state index is -3.52. The van der Waals surface area contributed by atoms with E-state index in [1.807, 2.05) is 12.1 Å². The topological polar surface area (TPSA) is 71.2 Å². The fraction of sp³-hybridized carbons (Fsp3) is 0.429. The van der Waals surface area contributed by atoms with Gasteiger partial charge < -0.3 is 9.72 Å². The summed E-state index contributed by atoms with van der Waals surface area (Å²) in [6, 6.07) is 5.48. The van der Waals surface area contributed by atoms with Crippen molar-refractivity contribution in [3.8, 4) is 5.75 Å². The van der Waals surface area contributed by atoms with E-state index in [1.54, 1.807) is 13.2 Å². The molecule has 0 spiro atoms. The highest BCUT2D eigenvalue weighted by Crippen LogP contribution is 2.33. The Kier molecular flexibility index (Phi) is 3.22. The molecule has 1 fully saturated rings. The van der Waals surface area contributed by atoms with Crippen LogP contribution in [-0.4, -0.2) is 26.6 Å². The summed E-state index contributed by atoms with van der Waals surface area (Å²) in [5.74, 6) is 1.16. The van der Waals surface area contributed by atoms with E-state index in [1.165, 1.54) is 6.20 Å². The van der Waals surface area contributed by atoms with Gasteiger partial charge >= 0.3 is 0 Å². The van der Waals surface area contributed by atoms with Gasteiger partial charge in [0, 0.05) is 12.2 Å². The number of benzene rings is 1. The molecule has 0 aliphatic heterocycles. The summed E-state index contributed by atoms with van der Waals surface area (Å²) < 4.78 is 33.0. The molecule has 6 heteroatoms. The number of hydrogen-bond acceptors (Lipinski definition) is 3. The summed E-state index contributed by atoms with van der Waals surface area (Å²) >= 11 is 0. The molecule has 5 nitrogen and oxygen atoms in total. The lowest BCUT2D eigenvalue weighted by Crippen LogP contribution is -2.43. The predicted octanol–water partition coefficient (Wildman–Crippen LogP) is 2.25. The summed E-state index contributed by atoms with van der Waals surface area (Å²) in [6.07, 6.45) is 3.33. The number of hydrogen-bond donors (Lipinski definition) is 2. The van der Waals surface area contributed by atoms with E-state index in [0.29, 0.717) is 17.1 Å². The van der Waals surface area contributed by atoms with Gasteiger partial charge in [0.05, 0.1) is 18.0 Å². The quantitative estimate of drug-likeness (QED) is 0.908. The maximum atomic E-state index is 12.5. The van der Waals surface area contributed by atoms with Gasteiger partial charge in [0.15, 0.2) is 0 Å². The van der Waals surface area contributed by atoms with Crippen molar-refractivity contribution < 1.29 is 13.2 Å². The van der Waals surface area contributed by atoms with E-state index in [4.69, 9.17) is 4.74 Å². The summed E-state index contributed by atoms with van der Waals surface area (Å²) in [6.45, 7) is 2.12. The standard InChI is InChI=1S/C14H18N2O3S/c1-9-6-10(7-9)16-20(17,18)13-8-15-11-4-3-5-12(19-2)14(11)13/h3-5,8-10,15-16H,6-7H2,1-2H3. The first kappa shape index (κ1) is 13.5. The number of aromatic nitrogens is 1. The molecule has 0 radical (unpaired) electrons. The molecule has 0 saturated heterocycles. The normalized spacial score (nSPS) is 22.7. The zero-order valence-corrected chi connectivity index (χ0v) is 12.3. The first-order valence-corrected chi connectivity index (χ1v) is 8.16. The third-order valence-electron chi connectivity index (χ3n) is 3.84. The zero-order chi connectivity index (χ0) is 14.3. The summed E-state index contributed by atoms with van der Waals surface area (Å²) in [5, 5.41) is 0.606. The first-order valence-electron chi connectivity index (χ1n) is 6.67. The van der Waals surface area contributed by atoms with Crippen molar-refractivity contribution in [3.05, 3.63) is 24.4 Å². The Balaban J connectivity index is 2.01. The molecule has 2 aromatic rings. The lowest BCUT2D eigenvalue weighted by molar-refractivity contribution is 0.270. The van der Waals surface area contributed by atoms with E-state index >= 15 is 0 Å². The van der Waals surface area contributed by atoms with Crippen LogP contribution in [0.3, 0.4) is 0 Å². The maximum absolute atomic E-state index is 12.5. The van der Waals surface area contributed by atoms with Crippen LogP contribution < -0.4 is 9.46 Å². The predicted molar refractivity (Wildman–Crippen MR) is 77.4 cm³/mol. The molecule has 20 heavy (non-hydrogen) atoms. The van der Waals surface area contributed by atoms with Crippen LogP contribution in [0.25, 0.3) is 10.9 Å². The molecular formula is C14H18N2O3S. The van der Waals surface area contributed by atoms with Gasteiger partial charge in [-0.3, -0.25) is 0 Å². The Morgan fingerprint density at radius 2 is 2.10 bits per heavy atom. The van der Waals surface area contributed by atoms with Crippen molar-refractivity contribution >= 4 is 20.9 Å². The van der Waals surface area contributed by atoms with Gasteiger partial charge in [-0.1, -0.05) is 13.0 Å². The number of rotatable bonds is 4. The highest BCUT2D eigenvalue weighted by Gasteiger charge is 2.31. The minimum absolute atomic E-state index is 0.0506. The smallest absolute Gasteiger partial charge is 0.243 e. The molecule has 108 valence electrons. The van der Waals surface area contributed by atoms with Crippen LogP contribution in [0.4, 0.5) is 0 Å². The monoisotopic (exact) mass is 294 g/mol. The zero-order valence-electron chi connectivity index (χ0n) is 11.5. The van der Waals surface area contributed by atoms with Gasteiger partial charge in [-0.05, 0) is 30.9 Å². The van der Waals surface area contributed by atoms with Gasteiger partial charge in [-0.15, -0.1) is 0 Å². The molecule has 2 N–H and O–H groups in total. The molecule has 0 amide bonds. The van der Waals surface area contributed by atoms with E-state index in [0.717, 1.165) is 18.4 Å². The molecule has 1 aliphatic rings. The van der Waals surface area contributed by atoms with E-state index in [2.05, 4.69) is 16.6 Å². The van der Waals surface area contributed by atoms with Crippen LogP contribution in [0.2, 0.25) is 0 Å². The van der Waals surface area contributed by atoms with E-state index in [-0.39, 0.29) is 10.9 Å². The second-order valence-electron chi connectivity index (χ2n) is 5.43. The van der Waals surface area contributed by atoms with Gasteiger partial charge in [-0.2, -0.15) is 0 Å². The molecule has 1 aliphatic carbocycles. The summed E-state index contributed by atoms with van der Waals surface area (Å²) in [5.41, 5.74) is 0.756. The van der Waals surface area contributed by atoms with Crippen LogP contribution in [0.15, 0.2) is 29.3 Å². The molecule has 1 aromatic heterocycles. The Bertz CT molecular complexity index is 730. The van der Waals surface area contributed by atoms with E-state index < -0.39 is 10.0 Å². The number of aromatic amines is 1. The van der Waals surface area contributed by atoms with Crippen LogP contribution in [0.1, 0.15) is 19.8 Å². The number of H-pyrrole nitrogens is 1. The van der Waals surface area contributed by atoms with Crippen LogP contribution in [-0.2, 0) is 10.0 Å². The minimum Gasteiger partial charge on any atom is -0.496 e. The van der Waals surface area contributed by atoms with Crippen molar-refractivity contribution in [1.29, 1.82) is 0 Å². The SMILES string of the molecule is COc1cccc2[nH]cc(S(=O)(=O)NC3CC(C)C3)c12. The lowest BCUT2D eigenvalue weighted by Gasteiger charge is -2.32. The second-order valence-corrected chi connectivity index (χ2v) is 7.11. The van der Waals surface area contributed by atoms with Gasteiger partial charge in [0.1, 0.15) is 10.6 Å². The lowest BCUT2D eigenvalue weighted by atomic mass is 9.83. The number of methoxy groups -OCH3 is 1. The van der Waals surface area contributed by atoms with Gasteiger partial charge in [0.2, 0.25) is 10.0 Å². The largest absolute Gasteiger partial charge is 0.496 e. The highest BCUT2D eigenvalue weighted by molar-refractivity contribution is 7.89. The molecule has 3 rings (SSSR count). The summed E-state index contributed by atoms with van der Waals surface area (Å²) in [4.78, 5) is 3.24. The highest BCUT2D eigenvalue weighted by atomic mass is 32.2. The average Bonchev–Trinajstić information content (AvgIpc) is 2.81. The third kappa shape index (κ3) is 2.19. The van der Waals surface area contributed by atoms with Crippen molar-refractivity contribution in [3.63, 3.8) is 0 Å². The molecular weight excluding hydrogens is 276 g/mol. The molecule has 0 atom stereocenters. The number of fused-ring (bicyclic) bond motifs is 1. The van der Waals surface area contributed by atoms with Gasteiger partial charge in [0.25, 0.3) is 0 Å². The molecule has 1 aromatic carbocycles. The number of sulfonamides is 1. The second kappa shape index (κ2) is 4.79. The molecule has 1 heterocycles. The average molecular weight is 294 g/mol. The summed E-state index contributed by atoms with van der Waals surface area (Å²) in [7, 11) is -1.98. The fourth-order valence-electron chi connectivity index (χ4n) is 2.78. The Morgan fingerprint density at radius 1 is 1.35 bits per heavy atom. The van der Waals surface area contributed by atoms with Crippen molar-refractivity contribution in [2.75, 3.05) is 7.11 Å². The Labute approximate surface area is 118 Å². The first-order chi connectivity index (χ1) is 9.51. The van der Waals surface area contributed by atoms with Gasteiger partial charge in [-0.25, -0.2) is 13.1 Å². The van der Waals surface area contributed by atoms with Crippen molar-refractivity contribution in [2.24, 2.45) is 5.92 Å². The van der Waals surface area contributed by atoms with E-state index in [9.17, 15) is 8.42 Å². The van der Waals surface area contributed by atoms with Crippen molar-refractivity contribution in [2.45, 2.75) is 30.7 Å². The molecule has 0 unspecified atom stereocenters. The van der Waals surface area contributed by atoms with Crippen LogP contribution >= 0.6 is 0 Å². The fourth-order valence-corrected chi connectivity index (χ4v) is 4.24. The Morgan fingerprint density at radius 3 is 2.75 bits per heavy atom. The Hall–Kier alpha value is -1.53. The number of nitrogens with one attached hydrogen (secondary N) is 2. The van der Waals surface area contributed by atoms with Crippen LogP contribution in [0, 0.1) is 5.92 Å². The molecule has 0 bridgehead atoms. The molecule has 1 saturated carbocycles.